The number of nitrogens with zero attached hydrogens (tertiary/aromatic N) is 1. The van der Waals surface area contributed by atoms with Crippen LogP contribution < -0.4 is 5.32 Å². The molecular weight excluding hydrogens is 224 g/mol. The summed E-state index contributed by atoms with van der Waals surface area (Å²) in [6.45, 7) is 4.96. The van der Waals surface area contributed by atoms with Gasteiger partial charge in [-0.1, -0.05) is 18.2 Å². The van der Waals surface area contributed by atoms with Crippen molar-refractivity contribution < 1.29 is 4.74 Å². The van der Waals surface area contributed by atoms with Gasteiger partial charge in [0, 0.05) is 38.9 Å². The molecule has 1 saturated heterocycles. The minimum absolute atomic E-state index is 0.685. The van der Waals surface area contributed by atoms with Crippen LogP contribution in [0.15, 0.2) is 18.2 Å². The van der Waals surface area contributed by atoms with Crippen LogP contribution in [0.2, 0.25) is 0 Å². The van der Waals surface area contributed by atoms with E-state index in [1.807, 2.05) is 0 Å². The predicted molar refractivity (Wildman–Crippen MR) is 72.3 cm³/mol. The van der Waals surface area contributed by atoms with Crippen LogP contribution in [0.4, 0.5) is 0 Å². The van der Waals surface area contributed by atoms with Crippen molar-refractivity contribution in [2.24, 2.45) is 0 Å². The van der Waals surface area contributed by atoms with E-state index < -0.39 is 0 Å². The Kier molecular flexibility index (Phi) is 3.64. The minimum atomic E-state index is 0.685. The summed E-state index contributed by atoms with van der Waals surface area (Å²) in [6.07, 6.45) is 2.34. The van der Waals surface area contributed by atoms with E-state index >= 15 is 0 Å². The van der Waals surface area contributed by atoms with Gasteiger partial charge in [-0.25, -0.2) is 0 Å². The first kappa shape index (κ1) is 12.2. The van der Waals surface area contributed by atoms with E-state index in [-0.39, 0.29) is 0 Å². The fraction of sp³-hybridized carbons (Fsp3) is 0.600. The molecule has 1 aromatic rings. The first-order valence-corrected chi connectivity index (χ1v) is 6.92. The second kappa shape index (κ2) is 5.39. The highest BCUT2D eigenvalue weighted by Crippen LogP contribution is 2.20. The highest BCUT2D eigenvalue weighted by Gasteiger charge is 2.19. The maximum Gasteiger partial charge on any atom is 0.0480 e. The summed E-state index contributed by atoms with van der Waals surface area (Å²) in [5, 5.41) is 3.40. The van der Waals surface area contributed by atoms with Crippen molar-refractivity contribution in [2.45, 2.75) is 38.5 Å². The number of hydrogen-bond acceptors (Lipinski definition) is 3. The van der Waals surface area contributed by atoms with Crippen LogP contribution in [0.25, 0.3) is 0 Å². The molecule has 18 heavy (non-hydrogen) atoms. The van der Waals surface area contributed by atoms with Gasteiger partial charge in [-0.05, 0) is 36.6 Å². The first-order valence-electron chi connectivity index (χ1n) is 6.92. The molecule has 0 spiro atoms. The Morgan fingerprint density at radius 2 is 2.00 bits per heavy atom. The van der Waals surface area contributed by atoms with Crippen molar-refractivity contribution in [1.82, 2.24) is 10.2 Å². The fourth-order valence-corrected chi connectivity index (χ4v) is 2.99. The third-order valence-corrected chi connectivity index (χ3v) is 4.15. The molecule has 1 fully saturated rings. The van der Waals surface area contributed by atoms with Crippen molar-refractivity contribution in [2.75, 3.05) is 20.3 Å². The molecule has 0 unspecified atom stereocenters. The normalized spacial score (nSPS) is 20.3. The lowest BCUT2D eigenvalue weighted by molar-refractivity contribution is 0.0407. The molecule has 0 atom stereocenters. The molecule has 3 nitrogen and oxygen atoms in total. The van der Waals surface area contributed by atoms with Crippen molar-refractivity contribution in [3.05, 3.63) is 34.9 Å². The number of fused-ring (bicyclic) bond motifs is 1. The Morgan fingerprint density at radius 3 is 2.83 bits per heavy atom. The summed E-state index contributed by atoms with van der Waals surface area (Å²) in [5.41, 5.74) is 4.38. The van der Waals surface area contributed by atoms with E-state index in [2.05, 4.69) is 35.5 Å². The van der Waals surface area contributed by atoms with Gasteiger partial charge >= 0.3 is 0 Å². The van der Waals surface area contributed by atoms with E-state index in [9.17, 15) is 0 Å². The summed E-state index contributed by atoms with van der Waals surface area (Å²) in [7, 11) is 2.24. The molecule has 3 rings (SSSR count). The lowest BCUT2D eigenvalue weighted by atomic mass is 10.0. The average molecular weight is 246 g/mol. The van der Waals surface area contributed by atoms with Gasteiger partial charge in [0.25, 0.3) is 0 Å². The molecule has 0 aromatic heterocycles. The predicted octanol–water partition coefficient (Wildman–Crippen LogP) is 1.90. The fourth-order valence-electron chi connectivity index (χ4n) is 2.99. The van der Waals surface area contributed by atoms with Crippen LogP contribution in [0.1, 0.15) is 29.5 Å². The Balaban J connectivity index is 1.64. The molecular formula is C15H22N2O. The van der Waals surface area contributed by atoms with E-state index in [1.165, 1.54) is 29.5 Å². The lowest BCUT2D eigenvalue weighted by Gasteiger charge is -2.31. The van der Waals surface area contributed by atoms with Crippen LogP contribution in [-0.4, -0.2) is 31.2 Å². The number of rotatable bonds is 3. The second-order valence-corrected chi connectivity index (χ2v) is 5.47. The van der Waals surface area contributed by atoms with Gasteiger partial charge in [0.1, 0.15) is 0 Å². The van der Waals surface area contributed by atoms with Gasteiger partial charge in [-0.2, -0.15) is 0 Å². The zero-order valence-corrected chi connectivity index (χ0v) is 11.1. The van der Waals surface area contributed by atoms with Crippen molar-refractivity contribution >= 4 is 0 Å². The molecule has 2 aliphatic heterocycles. The van der Waals surface area contributed by atoms with E-state index in [0.717, 1.165) is 32.8 Å². The molecule has 0 amide bonds. The zero-order valence-electron chi connectivity index (χ0n) is 11.1. The summed E-state index contributed by atoms with van der Waals surface area (Å²) < 4.78 is 5.43. The monoisotopic (exact) mass is 246 g/mol. The second-order valence-electron chi connectivity index (χ2n) is 5.47. The molecule has 1 aromatic carbocycles. The van der Waals surface area contributed by atoms with Gasteiger partial charge in [0.05, 0.1) is 0 Å². The van der Waals surface area contributed by atoms with E-state index in [4.69, 9.17) is 4.74 Å². The SMILES string of the molecule is CN(Cc1ccc2c(c1)CNC2)C1CCOCC1. The summed E-state index contributed by atoms with van der Waals surface area (Å²) in [5.74, 6) is 0. The Morgan fingerprint density at radius 1 is 1.22 bits per heavy atom. The molecule has 0 radical (unpaired) electrons. The summed E-state index contributed by atoms with van der Waals surface area (Å²) >= 11 is 0. The number of benzene rings is 1. The summed E-state index contributed by atoms with van der Waals surface area (Å²) in [4.78, 5) is 2.48. The number of ether oxygens (including phenoxy) is 1. The highest BCUT2D eigenvalue weighted by molar-refractivity contribution is 5.34. The molecule has 1 N–H and O–H groups in total. The molecule has 98 valence electrons. The minimum Gasteiger partial charge on any atom is -0.381 e. The van der Waals surface area contributed by atoms with Gasteiger partial charge in [0.2, 0.25) is 0 Å². The Bertz CT molecular complexity index is 413. The van der Waals surface area contributed by atoms with Crippen molar-refractivity contribution in [1.29, 1.82) is 0 Å². The van der Waals surface area contributed by atoms with Crippen LogP contribution in [0.3, 0.4) is 0 Å². The maximum atomic E-state index is 5.43. The standard InChI is InChI=1S/C15H22N2O/c1-17(15-4-6-18-7-5-15)11-12-2-3-13-9-16-10-14(13)8-12/h2-3,8,15-16H,4-7,9-11H2,1H3. The lowest BCUT2D eigenvalue weighted by Crippen LogP contribution is -2.36. The highest BCUT2D eigenvalue weighted by atomic mass is 16.5. The molecule has 2 heterocycles. The van der Waals surface area contributed by atoms with Gasteiger partial charge in [-0.3, -0.25) is 4.90 Å². The van der Waals surface area contributed by atoms with Gasteiger partial charge in [-0.15, -0.1) is 0 Å². The van der Waals surface area contributed by atoms with Crippen LogP contribution >= 0.6 is 0 Å². The first-order chi connectivity index (χ1) is 8.83. The topological polar surface area (TPSA) is 24.5 Å². The molecule has 0 saturated carbocycles. The Labute approximate surface area is 109 Å². The maximum absolute atomic E-state index is 5.43. The molecule has 2 aliphatic rings. The van der Waals surface area contributed by atoms with E-state index in [1.54, 1.807) is 0 Å². The molecule has 0 aliphatic carbocycles. The van der Waals surface area contributed by atoms with Gasteiger partial charge < -0.3 is 10.1 Å². The number of nitrogens with one attached hydrogen (secondary N) is 1. The molecule has 3 heteroatoms. The average Bonchev–Trinajstić information content (AvgIpc) is 2.87. The van der Waals surface area contributed by atoms with Crippen LogP contribution in [0.5, 0.6) is 0 Å². The largest absolute Gasteiger partial charge is 0.381 e. The Hall–Kier alpha value is -0.900. The quantitative estimate of drug-likeness (QED) is 0.881. The van der Waals surface area contributed by atoms with Crippen molar-refractivity contribution in [3.8, 4) is 0 Å². The zero-order chi connectivity index (χ0) is 12.4. The number of hydrogen-bond donors (Lipinski definition) is 1. The van der Waals surface area contributed by atoms with E-state index in [0.29, 0.717) is 6.04 Å². The molecule has 0 bridgehead atoms. The van der Waals surface area contributed by atoms with Gasteiger partial charge in [0.15, 0.2) is 0 Å². The summed E-state index contributed by atoms with van der Waals surface area (Å²) in [6, 6.07) is 7.61. The van der Waals surface area contributed by atoms with Crippen LogP contribution in [0, 0.1) is 0 Å². The van der Waals surface area contributed by atoms with Crippen molar-refractivity contribution in [3.63, 3.8) is 0 Å². The van der Waals surface area contributed by atoms with Crippen LogP contribution in [-0.2, 0) is 24.4 Å². The smallest absolute Gasteiger partial charge is 0.0480 e. The third kappa shape index (κ3) is 2.58. The third-order valence-electron chi connectivity index (χ3n) is 4.15.